The number of hydrogen-bond donors (Lipinski definition) is 1. The van der Waals surface area contributed by atoms with E-state index in [-0.39, 0.29) is 0 Å². The van der Waals surface area contributed by atoms with Gasteiger partial charge in [-0.2, -0.15) is 0 Å². The van der Waals surface area contributed by atoms with E-state index in [1.807, 2.05) is 0 Å². The van der Waals surface area contributed by atoms with Gasteiger partial charge in [-0.3, -0.25) is 0 Å². The van der Waals surface area contributed by atoms with E-state index in [1.54, 1.807) is 0 Å². The van der Waals surface area contributed by atoms with Gasteiger partial charge in [-0.25, -0.2) is 4.90 Å². The molecule has 4 heteroatoms. The van der Waals surface area contributed by atoms with Crippen molar-refractivity contribution in [3.8, 4) is 11.1 Å². The molecule has 0 amide bonds. The second-order valence-corrected chi connectivity index (χ2v) is 8.01. The standard InChI is InChI=1S/C18H10Br3N/c19-11-1-5-14(6-2-11)22-17-7-3-12(20)9-15(17)16-10-13(21)4-8-18(16)22/h1-10H/p+1. The molecule has 22 heavy (non-hydrogen) atoms. The molecule has 1 N–H and O–H groups in total. The minimum atomic E-state index is 1.10. The van der Waals surface area contributed by atoms with Crippen LogP contribution >= 0.6 is 47.8 Å². The van der Waals surface area contributed by atoms with E-state index in [2.05, 4.69) is 108 Å². The fourth-order valence-corrected chi connectivity index (χ4v) is 3.97. The van der Waals surface area contributed by atoms with Gasteiger partial charge in [0.1, 0.15) is 17.1 Å². The molecule has 1 nitrogen and oxygen atoms in total. The molecule has 1 heterocycles. The third kappa shape index (κ3) is 2.38. The number of nitrogens with one attached hydrogen (secondary N) is 1. The van der Waals surface area contributed by atoms with Crippen LogP contribution in [0, 0.1) is 0 Å². The summed E-state index contributed by atoms with van der Waals surface area (Å²) < 4.78 is 3.31. The zero-order valence-electron chi connectivity index (χ0n) is 11.4. The molecule has 0 saturated carbocycles. The van der Waals surface area contributed by atoms with Crippen molar-refractivity contribution < 1.29 is 4.90 Å². The van der Waals surface area contributed by atoms with Crippen LogP contribution in [0.4, 0.5) is 17.1 Å². The summed E-state index contributed by atoms with van der Waals surface area (Å²) in [7, 11) is 0. The summed E-state index contributed by atoms with van der Waals surface area (Å²) in [5.41, 5.74) is 6.39. The van der Waals surface area contributed by atoms with Crippen molar-refractivity contribution in [2.75, 3.05) is 0 Å². The van der Waals surface area contributed by atoms with Crippen LogP contribution in [0.5, 0.6) is 0 Å². The van der Waals surface area contributed by atoms with Crippen LogP contribution in [0.2, 0.25) is 0 Å². The molecule has 108 valence electrons. The van der Waals surface area contributed by atoms with Gasteiger partial charge in [0.15, 0.2) is 0 Å². The largest absolute Gasteiger partial charge is 0.237 e. The topological polar surface area (TPSA) is 4.44 Å². The van der Waals surface area contributed by atoms with E-state index in [1.165, 1.54) is 33.1 Å². The Kier molecular flexibility index (Phi) is 3.73. The molecule has 3 aromatic rings. The quantitative estimate of drug-likeness (QED) is 0.334. The summed E-state index contributed by atoms with van der Waals surface area (Å²) in [6.45, 7) is 0. The van der Waals surface area contributed by atoms with Crippen LogP contribution in [-0.2, 0) is 0 Å². The van der Waals surface area contributed by atoms with Crippen LogP contribution in [0.1, 0.15) is 0 Å². The minimum Gasteiger partial charge on any atom is -0.237 e. The Balaban J connectivity index is 1.99. The third-order valence-electron chi connectivity index (χ3n) is 3.92. The number of hydrogen-bond acceptors (Lipinski definition) is 0. The van der Waals surface area contributed by atoms with Crippen LogP contribution in [0.25, 0.3) is 11.1 Å². The summed E-state index contributed by atoms with van der Waals surface area (Å²) in [6, 6.07) is 21.5. The first-order valence-electron chi connectivity index (χ1n) is 6.86. The zero-order chi connectivity index (χ0) is 15.3. The summed E-state index contributed by atoms with van der Waals surface area (Å²) in [6.07, 6.45) is 0. The highest BCUT2D eigenvalue weighted by Gasteiger charge is 2.33. The lowest BCUT2D eigenvalue weighted by molar-refractivity contribution is -0.677. The molecule has 0 aromatic heterocycles. The maximum Gasteiger partial charge on any atom is 0.149 e. The Morgan fingerprint density at radius 3 is 1.50 bits per heavy atom. The average Bonchev–Trinajstić information content (AvgIpc) is 2.81. The maximum absolute atomic E-state index is 3.59. The molecule has 1 aliphatic heterocycles. The van der Waals surface area contributed by atoms with E-state index < -0.39 is 0 Å². The normalized spacial score (nSPS) is 13.0. The van der Waals surface area contributed by atoms with Gasteiger partial charge in [0.25, 0.3) is 0 Å². The van der Waals surface area contributed by atoms with Crippen LogP contribution in [0.15, 0.2) is 74.1 Å². The first kappa shape index (κ1) is 14.6. The van der Waals surface area contributed by atoms with Gasteiger partial charge in [0.05, 0.1) is 11.1 Å². The van der Waals surface area contributed by atoms with Crippen LogP contribution < -0.4 is 4.90 Å². The van der Waals surface area contributed by atoms with Gasteiger partial charge in [-0.1, -0.05) is 47.8 Å². The monoisotopic (exact) mass is 478 g/mol. The summed E-state index contributed by atoms with van der Waals surface area (Å²) >= 11 is 10.7. The van der Waals surface area contributed by atoms with Crippen LogP contribution in [-0.4, -0.2) is 0 Å². The van der Waals surface area contributed by atoms with Gasteiger partial charge >= 0.3 is 0 Å². The van der Waals surface area contributed by atoms with E-state index in [0.29, 0.717) is 0 Å². The zero-order valence-corrected chi connectivity index (χ0v) is 16.2. The molecule has 0 unspecified atom stereocenters. The number of benzene rings is 3. The highest BCUT2D eigenvalue weighted by atomic mass is 79.9. The van der Waals surface area contributed by atoms with Crippen molar-refractivity contribution in [3.63, 3.8) is 0 Å². The van der Waals surface area contributed by atoms with Crippen molar-refractivity contribution in [2.45, 2.75) is 0 Å². The molecule has 4 rings (SSSR count). The van der Waals surface area contributed by atoms with Crippen molar-refractivity contribution in [1.82, 2.24) is 0 Å². The van der Waals surface area contributed by atoms with Gasteiger partial charge in [-0.05, 0) is 36.4 Å². The molecular formula is C18H11Br3N+. The smallest absolute Gasteiger partial charge is 0.149 e. The molecular weight excluding hydrogens is 470 g/mol. The van der Waals surface area contributed by atoms with Crippen molar-refractivity contribution >= 4 is 64.9 Å². The number of fused-ring (bicyclic) bond motifs is 3. The highest BCUT2D eigenvalue weighted by Crippen LogP contribution is 2.41. The summed E-state index contributed by atoms with van der Waals surface area (Å²) in [5, 5.41) is 0. The number of rotatable bonds is 1. The first-order valence-corrected chi connectivity index (χ1v) is 9.24. The lowest BCUT2D eigenvalue weighted by Crippen LogP contribution is -2.95. The molecule has 0 atom stereocenters. The Hall–Kier alpha value is -0.940. The van der Waals surface area contributed by atoms with Gasteiger partial charge in [0.2, 0.25) is 0 Å². The predicted octanol–water partition coefficient (Wildman–Crippen LogP) is 6.13. The van der Waals surface area contributed by atoms with Gasteiger partial charge < -0.3 is 0 Å². The van der Waals surface area contributed by atoms with Gasteiger partial charge in [0, 0.05) is 37.7 Å². The Morgan fingerprint density at radius 2 is 1.00 bits per heavy atom. The van der Waals surface area contributed by atoms with Crippen LogP contribution in [0.3, 0.4) is 0 Å². The van der Waals surface area contributed by atoms with Crippen molar-refractivity contribution in [2.24, 2.45) is 0 Å². The highest BCUT2D eigenvalue weighted by molar-refractivity contribution is 9.11. The van der Waals surface area contributed by atoms with Gasteiger partial charge in [-0.15, -0.1) is 0 Å². The molecule has 0 aliphatic carbocycles. The molecule has 1 aliphatic rings. The Labute approximate surface area is 154 Å². The fourth-order valence-electron chi connectivity index (χ4n) is 2.99. The third-order valence-corrected chi connectivity index (χ3v) is 5.44. The molecule has 0 saturated heterocycles. The Morgan fingerprint density at radius 1 is 0.545 bits per heavy atom. The van der Waals surface area contributed by atoms with E-state index >= 15 is 0 Å². The molecule has 0 radical (unpaired) electrons. The summed E-state index contributed by atoms with van der Waals surface area (Å²) in [4.78, 5) is 1.30. The second-order valence-electron chi connectivity index (χ2n) is 5.26. The molecule has 0 spiro atoms. The predicted molar refractivity (Wildman–Crippen MR) is 101 cm³/mol. The Bertz CT molecular complexity index is 821. The second kappa shape index (κ2) is 5.60. The number of halogens is 3. The van der Waals surface area contributed by atoms with E-state index in [9.17, 15) is 0 Å². The molecule has 0 fully saturated rings. The maximum atomic E-state index is 3.59. The lowest BCUT2D eigenvalue weighted by Gasteiger charge is -2.14. The molecule has 3 aromatic carbocycles. The van der Waals surface area contributed by atoms with E-state index in [4.69, 9.17) is 0 Å². The fraction of sp³-hybridized carbons (Fsp3) is 0. The molecule has 0 bridgehead atoms. The summed E-state index contributed by atoms with van der Waals surface area (Å²) in [5.74, 6) is 0. The number of quaternary nitrogens is 1. The average molecular weight is 481 g/mol. The minimum absolute atomic E-state index is 1.10. The van der Waals surface area contributed by atoms with Crippen molar-refractivity contribution in [1.29, 1.82) is 0 Å². The van der Waals surface area contributed by atoms with E-state index in [0.717, 1.165) is 13.4 Å². The SMILES string of the molecule is Brc1ccc([NH+]2c3ccc(Br)cc3-c3cc(Br)ccc32)cc1. The van der Waals surface area contributed by atoms with Crippen molar-refractivity contribution in [3.05, 3.63) is 74.1 Å². The lowest BCUT2D eigenvalue weighted by atomic mass is 10.1. The first-order chi connectivity index (χ1) is 10.6.